The van der Waals surface area contributed by atoms with Gasteiger partial charge in [-0.1, -0.05) is 55.5 Å². The number of amides is 4. The normalized spacial score (nSPS) is 25.2. The molecule has 4 amide bonds. The molecule has 93 heavy (non-hydrogen) atoms. The Balaban J connectivity index is 0.843. The second kappa shape index (κ2) is 29.1. The number of aliphatic hydroxyl groups is 3. The van der Waals surface area contributed by atoms with Crippen LogP contribution in [-0.2, 0) is 49.9 Å². The lowest BCUT2D eigenvalue weighted by molar-refractivity contribution is -0.137. The number of aromatic carboxylic acids is 1. The van der Waals surface area contributed by atoms with Crippen LogP contribution in [0.15, 0.2) is 78.5 Å². The highest BCUT2D eigenvalue weighted by atomic mass is 32.1. The number of pyridine rings is 1. The maximum Gasteiger partial charge on any atom is 0.411 e. The Morgan fingerprint density at radius 3 is 2.46 bits per heavy atom. The van der Waals surface area contributed by atoms with Gasteiger partial charge in [-0.3, -0.25) is 29.4 Å². The number of thiazole rings is 1. The van der Waals surface area contributed by atoms with E-state index < -0.39 is 66.0 Å². The number of ether oxygens (including phenoxy) is 2. The molecule has 10 atom stereocenters. The van der Waals surface area contributed by atoms with Crippen LogP contribution in [0.3, 0.4) is 0 Å². The number of nitrogens with one attached hydrogen (secondary N) is 5. The van der Waals surface area contributed by atoms with Gasteiger partial charge < -0.3 is 67.0 Å². The van der Waals surface area contributed by atoms with Gasteiger partial charge in [0.15, 0.2) is 10.8 Å². The number of para-hydroxylation sites is 1. The van der Waals surface area contributed by atoms with E-state index in [-0.39, 0.29) is 86.9 Å². The molecule has 10 rings (SSSR count). The number of hydrogen-bond donors (Lipinski definition) is 11. The average Bonchev–Trinajstić information content (AvgIpc) is 1.59. The highest BCUT2D eigenvalue weighted by Gasteiger charge is 2.59. The van der Waals surface area contributed by atoms with E-state index in [0.29, 0.717) is 96.3 Å². The molecule has 5 aliphatic rings. The quantitative estimate of drug-likeness (QED) is 0.0140. The number of benzene rings is 3. The first kappa shape index (κ1) is 68.4. The monoisotopic (exact) mass is 1310 g/mol. The van der Waals surface area contributed by atoms with Gasteiger partial charge in [0, 0.05) is 60.5 Å². The van der Waals surface area contributed by atoms with Crippen LogP contribution in [-0.4, -0.2) is 157 Å². The number of carboxylic acids is 2. The molecule has 3 saturated carbocycles. The molecule has 2 aliphatic heterocycles. The van der Waals surface area contributed by atoms with Gasteiger partial charge in [0.05, 0.1) is 46.8 Å². The van der Waals surface area contributed by atoms with Gasteiger partial charge in [0.1, 0.15) is 25.2 Å². The van der Waals surface area contributed by atoms with Crippen LogP contribution < -0.4 is 31.9 Å². The first-order valence-corrected chi connectivity index (χ1v) is 34.0. The number of hydrogen-bond acceptors (Lipinski definition) is 18. The molecule has 23 nitrogen and oxygen atoms in total. The summed E-state index contributed by atoms with van der Waals surface area (Å²) in [6, 6.07) is 21.0. The zero-order valence-electron chi connectivity index (χ0n) is 53.2. The first-order chi connectivity index (χ1) is 44.4. The van der Waals surface area contributed by atoms with Crippen molar-refractivity contribution in [2.75, 3.05) is 55.1 Å². The number of aromatic nitrogens is 2. The predicted octanol–water partition coefficient (Wildman–Crippen LogP) is 8.42. The number of aliphatic hydroxyl groups excluding tert-OH is 3. The largest absolute Gasteiger partial charge is 0.481 e. The summed E-state index contributed by atoms with van der Waals surface area (Å²) in [5.74, 6) is -3.05. The highest BCUT2D eigenvalue weighted by molar-refractivity contribution is 7.41. The molecule has 10 unspecified atom stereocenters. The molecule has 4 heterocycles. The standard InChI is InChI=1S/C68H87N10O13PS/c1-40(51(29-69)49-16-17-56(75-58(49)62(87)88)77-24-18-42-8-7-9-50(52(42)31-77)60(84)76-63-74-53-10-5-6-11-55(53)93-63)71-38-67-22-20-65(3,35-67)34-66(4)21-23-68(36-66,37-67)91-39-78(25-19-46(80)32-79)64(89)90-33-44-12-14-45(73-59(83)41(2)72-57(82)30-70)26-43(44)13-15-48-27-47(81)28-54(92-48)61(85)86/h5-12,14,16-17,26,29,41,46-48,54,69,71,79-81,92H,13,15,18-25,27-28,30-39,70H2,1-4H3,(H,72,82)(H,73,83)(H,85,86)(H,87,88)(H,74,76,84)/b51-40+,69-29?. The van der Waals surface area contributed by atoms with E-state index in [9.17, 15) is 54.3 Å². The molecular weight excluding hydrogens is 1230 g/mol. The third kappa shape index (κ3) is 16.4. The Kier molecular flexibility index (Phi) is 21.4. The Hall–Kier alpha value is -7.44. The zero-order valence-corrected chi connectivity index (χ0v) is 55.0. The van der Waals surface area contributed by atoms with E-state index in [1.54, 1.807) is 36.4 Å². The zero-order chi connectivity index (χ0) is 66.4. The number of anilines is 3. The molecule has 25 heteroatoms. The van der Waals surface area contributed by atoms with Crippen molar-refractivity contribution in [3.8, 4) is 0 Å². The van der Waals surface area contributed by atoms with Gasteiger partial charge in [-0.05, 0) is 190 Å². The Morgan fingerprint density at radius 1 is 0.925 bits per heavy atom. The molecule has 12 N–H and O–H groups in total. The second-order valence-electron chi connectivity index (χ2n) is 27.1. The molecule has 3 aliphatic carbocycles. The number of rotatable bonds is 26. The van der Waals surface area contributed by atoms with Crippen molar-refractivity contribution in [1.82, 2.24) is 25.5 Å². The van der Waals surface area contributed by atoms with E-state index in [1.807, 2.05) is 48.2 Å². The van der Waals surface area contributed by atoms with Crippen LogP contribution in [0.5, 0.6) is 0 Å². The number of carbonyl (C=O) groups excluding carboxylic acids is 4. The Bertz CT molecular complexity index is 3650. The number of allylic oxidation sites excluding steroid dienone is 2. The Labute approximate surface area is 547 Å². The van der Waals surface area contributed by atoms with Gasteiger partial charge in [-0.2, -0.15) is 0 Å². The van der Waals surface area contributed by atoms with Gasteiger partial charge in [0.25, 0.3) is 5.91 Å². The number of aliphatic carboxylic acids is 1. The summed E-state index contributed by atoms with van der Waals surface area (Å²) >= 11 is 1.40. The van der Waals surface area contributed by atoms with Gasteiger partial charge in [-0.25, -0.2) is 19.6 Å². The second-order valence-corrected chi connectivity index (χ2v) is 30.0. The molecule has 0 radical (unpaired) electrons. The topological polar surface area (TPSA) is 352 Å². The fraction of sp³-hybridized carbons (Fsp3) is 0.515. The smallest absolute Gasteiger partial charge is 0.411 e. The van der Waals surface area contributed by atoms with E-state index in [1.165, 1.54) is 23.2 Å². The van der Waals surface area contributed by atoms with Crippen LogP contribution in [0.1, 0.15) is 153 Å². The Morgan fingerprint density at radius 2 is 1.71 bits per heavy atom. The van der Waals surface area contributed by atoms with Crippen molar-refractivity contribution in [2.45, 2.75) is 166 Å². The van der Waals surface area contributed by atoms with Crippen molar-refractivity contribution in [3.05, 3.63) is 118 Å². The summed E-state index contributed by atoms with van der Waals surface area (Å²) in [5.41, 5.74) is 9.61. The number of carboxylic acid groups (broad SMARTS) is 2. The summed E-state index contributed by atoms with van der Waals surface area (Å²) in [6.45, 7) is 8.22. The van der Waals surface area contributed by atoms with Crippen LogP contribution in [0.25, 0.3) is 15.8 Å². The van der Waals surface area contributed by atoms with Crippen LogP contribution in [0, 0.1) is 21.7 Å². The van der Waals surface area contributed by atoms with Crippen LogP contribution in [0.2, 0.25) is 0 Å². The number of nitrogens with zero attached hydrogens (tertiary/aromatic N) is 4. The minimum atomic E-state index is -1.25. The van der Waals surface area contributed by atoms with E-state index in [0.717, 1.165) is 72.5 Å². The minimum Gasteiger partial charge on any atom is -0.481 e. The minimum absolute atomic E-state index is 0.00622. The summed E-state index contributed by atoms with van der Waals surface area (Å²) in [6.07, 6.45) is 7.46. The number of aryl methyl sites for hydroxylation is 1. The van der Waals surface area contributed by atoms with Crippen molar-refractivity contribution >= 4 is 94.3 Å². The summed E-state index contributed by atoms with van der Waals surface area (Å²) in [4.78, 5) is 91.4. The van der Waals surface area contributed by atoms with Crippen molar-refractivity contribution < 1.29 is 63.8 Å². The molecule has 5 aromatic rings. The predicted molar refractivity (Wildman–Crippen MR) is 357 cm³/mol. The lowest BCUT2D eigenvalue weighted by Gasteiger charge is -2.46. The molecule has 498 valence electrons. The van der Waals surface area contributed by atoms with Crippen molar-refractivity contribution in [2.24, 2.45) is 22.0 Å². The third-order valence-corrected chi connectivity index (χ3v) is 22.5. The van der Waals surface area contributed by atoms with Crippen LogP contribution >= 0.6 is 19.9 Å². The van der Waals surface area contributed by atoms with Gasteiger partial charge >= 0.3 is 18.0 Å². The number of carbonyl (C=O) groups is 6. The molecule has 1 saturated heterocycles. The van der Waals surface area contributed by atoms with Crippen LogP contribution in [0.4, 0.5) is 21.4 Å². The van der Waals surface area contributed by atoms with E-state index >= 15 is 0 Å². The summed E-state index contributed by atoms with van der Waals surface area (Å²) < 4.78 is 14.2. The average molecular weight is 1320 g/mol. The molecule has 3 aromatic carbocycles. The molecule has 0 spiro atoms. The maximum atomic E-state index is 14.5. The lowest BCUT2D eigenvalue weighted by atomic mass is 9.64. The molecule has 2 aromatic heterocycles. The van der Waals surface area contributed by atoms with Crippen molar-refractivity contribution in [1.29, 1.82) is 5.41 Å². The van der Waals surface area contributed by atoms with Gasteiger partial charge in [-0.15, -0.1) is 8.58 Å². The maximum absolute atomic E-state index is 14.5. The third-order valence-electron chi connectivity index (χ3n) is 19.6. The molecule has 4 fully saturated rings. The molecular formula is C68H87N10O13PS. The number of nitrogens with two attached hydrogens (primary N) is 1. The first-order valence-electron chi connectivity index (χ1n) is 32.1. The van der Waals surface area contributed by atoms with Crippen molar-refractivity contribution in [3.63, 3.8) is 0 Å². The van der Waals surface area contributed by atoms with E-state index in [4.69, 9.17) is 25.6 Å². The summed E-state index contributed by atoms with van der Waals surface area (Å²) in [7, 11) is 0.0871. The fourth-order valence-electron chi connectivity index (χ4n) is 15.3. The lowest BCUT2D eigenvalue weighted by Crippen LogP contribution is -2.47. The fourth-order valence-corrected chi connectivity index (χ4v) is 18.0. The molecule has 4 bridgehead atoms. The van der Waals surface area contributed by atoms with E-state index in [2.05, 4.69) is 40.1 Å². The van der Waals surface area contributed by atoms with Gasteiger partial charge in [0.2, 0.25) is 11.8 Å². The SMILES string of the molecule is C/C(NCC12CCC(C)(CC3(C)CCC(OCN(CCC(O)CO)C(=O)OCc4ccc(NC(=O)C(C)NC(=O)CN)cc4CCC4CC(O)CC(C(=O)O)P4)(C3)C1)C2)=C(/C=N)c1ccc(N2CCc3cccc(C(=O)Nc4nc5ccccc5s4)c3C2)nc1C(=O)O. The highest BCUT2D eigenvalue weighted by Crippen LogP contribution is 2.65. The summed E-state index contributed by atoms with van der Waals surface area (Å²) in [5, 5.41) is 72.9. The number of fused-ring (bicyclic) bond motifs is 6.